The molecule has 1 amide bonds. The van der Waals surface area contributed by atoms with Crippen LogP contribution in [0.2, 0.25) is 0 Å². The number of nitrogens with one attached hydrogen (secondary N) is 2. The van der Waals surface area contributed by atoms with Crippen LogP contribution < -0.4 is 10.6 Å². The lowest BCUT2D eigenvalue weighted by Crippen LogP contribution is -2.41. The van der Waals surface area contributed by atoms with Gasteiger partial charge in [-0.25, -0.2) is 9.67 Å². The summed E-state index contributed by atoms with van der Waals surface area (Å²) in [5.74, 6) is 1.33. The number of hydrogen-bond donors (Lipinski definition) is 3. The maximum atomic E-state index is 12.2. The molecule has 3 aromatic rings. The summed E-state index contributed by atoms with van der Waals surface area (Å²) in [4.78, 5) is 21.2. The summed E-state index contributed by atoms with van der Waals surface area (Å²) in [6.45, 7) is 1.76. The molecule has 0 saturated heterocycles. The number of aliphatic hydroxyl groups is 1. The molecule has 1 saturated carbocycles. The summed E-state index contributed by atoms with van der Waals surface area (Å²) in [6.07, 6.45) is 6.94. The number of rotatable bonds is 6. The number of aromatic nitrogens is 4. The molecule has 2 heterocycles. The van der Waals surface area contributed by atoms with Crippen LogP contribution in [0.3, 0.4) is 0 Å². The molecular formula is C21H26N6O2. The van der Waals surface area contributed by atoms with Gasteiger partial charge in [-0.2, -0.15) is 10.1 Å². The molecule has 0 bridgehead atoms. The third kappa shape index (κ3) is 4.37. The average Bonchev–Trinajstić information content (AvgIpc) is 3.18. The first kappa shape index (κ1) is 19.3. The highest BCUT2D eigenvalue weighted by Crippen LogP contribution is 2.26. The first-order valence-corrected chi connectivity index (χ1v) is 10.1. The highest BCUT2D eigenvalue weighted by molar-refractivity contribution is 5.80. The van der Waals surface area contributed by atoms with Gasteiger partial charge in [0.25, 0.3) is 0 Å². The van der Waals surface area contributed by atoms with Crippen LogP contribution >= 0.6 is 0 Å². The second kappa shape index (κ2) is 8.57. The SMILES string of the molecule is C[C@H](CO)NC(=O)[C@H]1CC[C@H](Nc2nccc(-n3ncc4ccccc43)n2)CC1. The largest absolute Gasteiger partial charge is 0.394 e. The molecule has 1 fully saturated rings. The normalized spacial score (nSPS) is 20.3. The lowest BCUT2D eigenvalue weighted by atomic mass is 9.85. The minimum absolute atomic E-state index is 0.00439. The van der Waals surface area contributed by atoms with Crippen molar-refractivity contribution in [1.82, 2.24) is 25.1 Å². The Balaban J connectivity index is 1.39. The number of carbonyl (C=O) groups excluding carboxylic acids is 1. The van der Waals surface area contributed by atoms with Crippen molar-refractivity contribution in [2.24, 2.45) is 5.92 Å². The van der Waals surface area contributed by atoms with Gasteiger partial charge in [0.2, 0.25) is 11.9 Å². The molecule has 2 aromatic heterocycles. The van der Waals surface area contributed by atoms with Gasteiger partial charge < -0.3 is 15.7 Å². The molecule has 1 aromatic carbocycles. The second-order valence-corrected chi connectivity index (χ2v) is 7.64. The fourth-order valence-corrected chi connectivity index (χ4v) is 3.78. The van der Waals surface area contributed by atoms with Gasteiger partial charge in [-0.05, 0) is 38.7 Å². The number of hydrogen-bond acceptors (Lipinski definition) is 6. The number of benzene rings is 1. The van der Waals surface area contributed by atoms with Gasteiger partial charge in [0.1, 0.15) is 0 Å². The number of fused-ring (bicyclic) bond motifs is 1. The standard InChI is InChI=1S/C21H26N6O2/c1-14(13-28)24-20(29)15-6-8-17(9-7-15)25-21-22-11-10-19(26-21)27-18-5-3-2-4-16(18)12-23-27/h2-5,10-12,14-15,17,28H,6-9,13H2,1H3,(H,24,29)(H,22,25,26)/t14-,15-,17-/m1/s1. The molecule has 1 atom stereocenters. The predicted molar refractivity (Wildman–Crippen MR) is 111 cm³/mol. The van der Waals surface area contributed by atoms with Crippen molar-refractivity contribution in [2.75, 3.05) is 11.9 Å². The molecular weight excluding hydrogens is 368 g/mol. The number of para-hydroxylation sites is 1. The topological polar surface area (TPSA) is 105 Å². The smallest absolute Gasteiger partial charge is 0.224 e. The Morgan fingerprint density at radius 2 is 2.03 bits per heavy atom. The molecule has 152 valence electrons. The van der Waals surface area contributed by atoms with Crippen LogP contribution in [0.15, 0.2) is 42.7 Å². The van der Waals surface area contributed by atoms with E-state index in [0.29, 0.717) is 5.95 Å². The van der Waals surface area contributed by atoms with Crippen LogP contribution in [-0.4, -0.2) is 49.5 Å². The third-order valence-electron chi connectivity index (χ3n) is 5.43. The Kier molecular flexibility index (Phi) is 5.71. The minimum atomic E-state index is -0.201. The van der Waals surface area contributed by atoms with Crippen molar-refractivity contribution in [1.29, 1.82) is 0 Å². The van der Waals surface area contributed by atoms with Crippen LogP contribution in [0.4, 0.5) is 5.95 Å². The van der Waals surface area contributed by atoms with Gasteiger partial charge in [0.15, 0.2) is 5.82 Å². The van der Waals surface area contributed by atoms with Crippen molar-refractivity contribution in [3.63, 3.8) is 0 Å². The van der Waals surface area contributed by atoms with E-state index in [1.807, 2.05) is 41.2 Å². The first-order valence-electron chi connectivity index (χ1n) is 10.1. The number of anilines is 1. The van der Waals surface area contributed by atoms with E-state index in [1.165, 1.54) is 0 Å². The maximum Gasteiger partial charge on any atom is 0.224 e. The van der Waals surface area contributed by atoms with E-state index in [1.54, 1.807) is 13.1 Å². The molecule has 29 heavy (non-hydrogen) atoms. The summed E-state index contributed by atoms with van der Waals surface area (Å²) in [6, 6.07) is 9.89. The van der Waals surface area contributed by atoms with E-state index in [4.69, 9.17) is 5.11 Å². The second-order valence-electron chi connectivity index (χ2n) is 7.64. The van der Waals surface area contributed by atoms with E-state index in [-0.39, 0.29) is 30.5 Å². The molecule has 0 radical (unpaired) electrons. The molecule has 1 aliphatic rings. The van der Waals surface area contributed by atoms with Gasteiger partial charge in [0, 0.05) is 35.7 Å². The highest BCUT2D eigenvalue weighted by Gasteiger charge is 2.27. The number of carbonyl (C=O) groups is 1. The fraction of sp³-hybridized carbons (Fsp3) is 0.429. The van der Waals surface area contributed by atoms with Gasteiger partial charge in [0.05, 0.1) is 18.3 Å². The Labute approximate surface area is 169 Å². The van der Waals surface area contributed by atoms with E-state index in [0.717, 1.165) is 42.4 Å². The molecule has 0 aliphatic heterocycles. The quantitative estimate of drug-likeness (QED) is 0.592. The summed E-state index contributed by atoms with van der Waals surface area (Å²) >= 11 is 0. The summed E-state index contributed by atoms with van der Waals surface area (Å²) < 4.78 is 1.81. The average molecular weight is 394 g/mol. The lowest BCUT2D eigenvalue weighted by molar-refractivity contribution is -0.126. The fourth-order valence-electron chi connectivity index (χ4n) is 3.78. The highest BCUT2D eigenvalue weighted by atomic mass is 16.3. The van der Waals surface area contributed by atoms with Crippen LogP contribution in [0.5, 0.6) is 0 Å². The van der Waals surface area contributed by atoms with Gasteiger partial charge >= 0.3 is 0 Å². The number of amides is 1. The van der Waals surface area contributed by atoms with Gasteiger partial charge in [-0.3, -0.25) is 4.79 Å². The zero-order valence-electron chi connectivity index (χ0n) is 16.5. The molecule has 0 unspecified atom stereocenters. The van der Waals surface area contributed by atoms with Crippen LogP contribution in [0.25, 0.3) is 16.7 Å². The molecule has 4 rings (SSSR count). The predicted octanol–water partition coefficient (Wildman–Crippen LogP) is 2.28. The van der Waals surface area contributed by atoms with Crippen molar-refractivity contribution in [2.45, 2.75) is 44.7 Å². The summed E-state index contributed by atoms with van der Waals surface area (Å²) in [5.41, 5.74) is 1.00. The van der Waals surface area contributed by atoms with E-state index < -0.39 is 0 Å². The number of nitrogens with zero attached hydrogens (tertiary/aromatic N) is 4. The maximum absolute atomic E-state index is 12.2. The monoisotopic (exact) mass is 394 g/mol. The summed E-state index contributed by atoms with van der Waals surface area (Å²) in [5, 5.41) is 20.9. The summed E-state index contributed by atoms with van der Waals surface area (Å²) in [7, 11) is 0. The van der Waals surface area contributed by atoms with E-state index in [2.05, 4.69) is 25.7 Å². The van der Waals surface area contributed by atoms with Gasteiger partial charge in [-0.1, -0.05) is 18.2 Å². The van der Waals surface area contributed by atoms with Crippen molar-refractivity contribution in [3.8, 4) is 5.82 Å². The van der Waals surface area contributed by atoms with E-state index >= 15 is 0 Å². The molecule has 0 spiro atoms. The Hall–Kier alpha value is -3.00. The zero-order chi connectivity index (χ0) is 20.2. The lowest BCUT2D eigenvalue weighted by Gasteiger charge is -2.29. The zero-order valence-corrected chi connectivity index (χ0v) is 16.5. The minimum Gasteiger partial charge on any atom is -0.394 e. The Morgan fingerprint density at radius 3 is 2.83 bits per heavy atom. The Bertz CT molecular complexity index is 980. The third-order valence-corrected chi connectivity index (χ3v) is 5.43. The Morgan fingerprint density at radius 1 is 1.24 bits per heavy atom. The number of aliphatic hydroxyl groups excluding tert-OH is 1. The first-order chi connectivity index (χ1) is 14.1. The molecule has 8 heteroatoms. The van der Waals surface area contributed by atoms with Crippen LogP contribution in [-0.2, 0) is 4.79 Å². The van der Waals surface area contributed by atoms with Crippen LogP contribution in [0.1, 0.15) is 32.6 Å². The van der Waals surface area contributed by atoms with Crippen LogP contribution in [0, 0.1) is 5.92 Å². The van der Waals surface area contributed by atoms with Gasteiger partial charge in [-0.15, -0.1) is 0 Å². The van der Waals surface area contributed by atoms with Crippen molar-refractivity contribution < 1.29 is 9.90 Å². The molecule has 1 aliphatic carbocycles. The molecule has 3 N–H and O–H groups in total. The molecule has 8 nitrogen and oxygen atoms in total. The van der Waals surface area contributed by atoms with E-state index in [9.17, 15) is 4.79 Å². The van der Waals surface area contributed by atoms with Crippen molar-refractivity contribution >= 4 is 22.8 Å². The van der Waals surface area contributed by atoms with Crippen molar-refractivity contribution in [3.05, 3.63) is 42.7 Å².